The Morgan fingerprint density at radius 3 is 2.45 bits per heavy atom. The van der Waals surface area contributed by atoms with Gasteiger partial charge in [0, 0.05) is 24.2 Å². The van der Waals surface area contributed by atoms with E-state index in [9.17, 15) is 9.59 Å². The van der Waals surface area contributed by atoms with E-state index in [2.05, 4.69) is 33.8 Å². The van der Waals surface area contributed by atoms with E-state index in [1.807, 2.05) is 0 Å². The van der Waals surface area contributed by atoms with Crippen LogP contribution in [0.25, 0.3) is 0 Å². The molecule has 7 aliphatic rings. The maximum Gasteiger partial charge on any atom is 0.306 e. The SMILES string of the molecule is CC1C2C3=CC(=O)CC[C@]3(C)C3CC[C@@]4(C)C(C3C12)C1C(C)C1[C@@]41CCC(=O)O1. The number of rotatable bonds is 0. The van der Waals surface area contributed by atoms with E-state index in [1.165, 1.54) is 18.4 Å². The van der Waals surface area contributed by atoms with E-state index < -0.39 is 0 Å². The first kappa shape index (κ1) is 17.5. The van der Waals surface area contributed by atoms with E-state index in [-0.39, 0.29) is 22.4 Å². The van der Waals surface area contributed by atoms with Crippen molar-refractivity contribution in [1.82, 2.24) is 0 Å². The molecule has 5 saturated carbocycles. The summed E-state index contributed by atoms with van der Waals surface area (Å²) in [5, 5.41) is 0. The van der Waals surface area contributed by atoms with Gasteiger partial charge in [-0.25, -0.2) is 0 Å². The van der Waals surface area contributed by atoms with Gasteiger partial charge in [0.1, 0.15) is 5.60 Å². The molecule has 6 fully saturated rings. The fourth-order valence-corrected chi connectivity index (χ4v) is 10.7. The number of carbonyl (C=O) groups is 2. The van der Waals surface area contributed by atoms with E-state index in [0.29, 0.717) is 41.8 Å². The highest BCUT2D eigenvalue weighted by Gasteiger charge is 2.83. The Morgan fingerprint density at radius 1 is 0.931 bits per heavy atom. The molecule has 0 aromatic carbocycles. The molecule has 0 N–H and O–H groups in total. The molecule has 1 spiro atoms. The van der Waals surface area contributed by atoms with Gasteiger partial charge in [0.15, 0.2) is 5.78 Å². The van der Waals surface area contributed by atoms with Crippen molar-refractivity contribution >= 4 is 11.8 Å². The third kappa shape index (κ3) is 1.70. The predicted molar refractivity (Wildman–Crippen MR) is 109 cm³/mol. The number of carbonyl (C=O) groups excluding carboxylic acids is 2. The van der Waals surface area contributed by atoms with Gasteiger partial charge >= 0.3 is 5.97 Å². The molecule has 1 aliphatic heterocycles. The molecule has 6 aliphatic carbocycles. The minimum absolute atomic E-state index is 0.0520. The summed E-state index contributed by atoms with van der Waals surface area (Å²) in [4.78, 5) is 24.6. The lowest BCUT2D eigenvalue weighted by Crippen LogP contribution is -2.58. The van der Waals surface area contributed by atoms with Gasteiger partial charge in [0.25, 0.3) is 0 Å². The fourth-order valence-electron chi connectivity index (χ4n) is 10.7. The number of fused-ring (bicyclic) bond motifs is 12. The molecule has 29 heavy (non-hydrogen) atoms. The zero-order chi connectivity index (χ0) is 20.1. The molecule has 3 heteroatoms. The second-order valence-electron chi connectivity index (χ2n) is 12.4. The molecule has 156 valence electrons. The zero-order valence-corrected chi connectivity index (χ0v) is 18.2. The van der Waals surface area contributed by atoms with Gasteiger partial charge in [0.2, 0.25) is 0 Å². The van der Waals surface area contributed by atoms with Crippen molar-refractivity contribution < 1.29 is 14.3 Å². The monoisotopic (exact) mass is 394 g/mol. The average molecular weight is 395 g/mol. The van der Waals surface area contributed by atoms with Crippen molar-refractivity contribution in [3.63, 3.8) is 0 Å². The van der Waals surface area contributed by atoms with Crippen LogP contribution in [0.15, 0.2) is 11.6 Å². The normalized spacial score (nSPS) is 63.7. The summed E-state index contributed by atoms with van der Waals surface area (Å²) >= 11 is 0. The van der Waals surface area contributed by atoms with Crippen molar-refractivity contribution in [3.05, 3.63) is 11.6 Å². The van der Waals surface area contributed by atoms with Gasteiger partial charge in [-0.05, 0) is 84.5 Å². The molecule has 0 aromatic rings. The molecule has 12 atom stereocenters. The quantitative estimate of drug-likeness (QED) is 0.555. The van der Waals surface area contributed by atoms with Crippen LogP contribution < -0.4 is 0 Å². The Bertz CT molecular complexity index is 888. The number of allylic oxidation sites excluding steroid dienone is 1. The number of esters is 1. The van der Waals surface area contributed by atoms with Crippen LogP contribution in [0, 0.1) is 64.1 Å². The summed E-state index contributed by atoms with van der Waals surface area (Å²) in [6, 6.07) is 0. The molecular weight excluding hydrogens is 360 g/mol. The van der Waals surface area contributed by atoms with Gasteiger partial charge in [-0.1, -0.05) is 33.3 Å². The maximum atomic E-state index is 12.3. The van der Waals surface area contributed by atoms with Crippen LogP contribution in [0.4, 0.5) is 0 Å². The molecule has 0 radical (unpaired) electrons. The van der Waals surface area contributed by atoms with Crippen LogP contribution in [0.2, 0.25) is 0 Å². The van der Waals surface area contributed by atoms with Gasteiger partial charge in [-0.15, -0.1) is 0 Å². The smallest absolute Gasteiger partial charge is 0.306 e. The highest BCUT2D eigenvalue weighted by atomic mass is 16.6. The zero-order valence-electron chi connectivity index (χ0n) is 18.2. The topological polar surface area (TPSA) is 43.4 Å². The Kier molecular flexibility index (Phi) is 2.94. The molecule has 7 rings (SSSR count). The molecule has 3 nitrogen and oxygen atoms in total. The van der Waals surface area contributed by atoms with Gasteiger partial charge in [-0.3, -0.25) is 9.59 Å². The lowest BCUT2D eigenvalue weighted by atomic mass is 9.45. The minimum atomic E-state index is -0.170. The summed E-state index contributed by atoms with van der Waals surface area (Å²) in [7, 11) is 0. The summed E-state index contributed by atoms with van der Waals surface area (Å²) in [6.07, 6.45) is 7.91. The second kappa shape index (κ2) is 4.86. The lowest BCUT2D eigenvalue weighted by Gasteiger charge is -2.60. The molecule has 0 aromatic heterocycles. The lowest BCUT2D eigenvalue weighted by molar-refractivity contribution is -0.180. The van der Waals surface area contributed by atoms with Crippen LogP contribution in [-0.4, -0.2) is 17.4 Å². The van der Waals surface area contributed by atoms with Gasteiger partial charge in [0.05, 0.1) is 0 Å². The molecule has 9 unspecified atom stereocenters. The van der Waals surface area contributed by atoms with Crippen LogP contribution in [0.5, 0.6) is 0 Å². The average Bonchev–Trinajstić information content (AvgIpc) is 3.44. The largest absolute Gasteiger partial charge is 0.458 e. The Balaban J connectivity index is 1.36. The van der Waals surface area contributed by atoms with E-state index in [0.717, 1.165) is 42.9 Å². The van der Waals surface area contributed by atoms with E-state index in [4.69, 9.17) is 4.74 Å². The molecular formula is C26H34O3. The van der Waals surface area contributed by atoms with Crippen LogP contribution in [0.3, 0.4) is 0 Å². The third-order valence-corrected chi connectivity index (χ3v) is 11.9. The van der Waals surface area contributed by atoms with Gasteiger partial charge in [-0.2, -0.15) is 0 Å². The summed E-state index contributed by atoms with van der Waals surface area (Å²) < 4.78 is 6.31. The number of hydrogen-bond acceptors (Lipinski definition) is 3. The summed E-state index contributed by atoms with van der Waals surface area (Å²) in [5.74, 6) is 6.80. The number of hydrogen-bond donors (Lipinski definition) is 0. The summed E-state index contributed by atoms with van der Waals surface area (Å²) in [5.41, 5.74) is 1.74. The third-order valence-electron chi connectivity index (χ3n) is 11.9. The van der Waals surface area contributed by atoms with Gasteiger partial charge < -0.3 is 4.74 Å². The second-order valence-corrected chi connectivity index (χ2v) is 12.4. The van der Waals surface area contributed by atoms with Crippen molar-refractivity contribution in [2.45, 2.75) is 71.8 Å². The number of ether oxygens (including phenoxy) is 1. The maximum absolute atomic E-state index is 12.3. The molecule has 0 amide bonds. The Labute approximate surface area is 174 Å². The first-order valence-electron chi connectivity index (χ1n) is 12.2. The highest BCUT2D eigenvalue weighted by molar-refractivity contribution is 5.92. The van der Waals surface area contributed by atoms with Crippen molar-refractivity contribution in [3.8, 4) is 0 Å². The molecule has 0 bridgehead atoms. The van der Waals surface area contributed by atoms with E-state index >= 15 is 0 Å². The van der Waals surface area contributed by atoms with Crippen LogP contribution in [-0.2, 0) is 14.3 Å². The molecule has 1 heterocycles. The molecule has 1 saturated heterocycles. The predicted octanol–water partition coefficient (Wildman–Crippen LogP) is 4.80. The Hall–Kier alpha value is -1.12. The highest BCUT2D eigenvalue weighted by Crippen LogP contribution is 2.84. The van der Waals surface area contributed by atoms with Crippen molar-refractivity contribution in [1.29, 1.82) is 0 Å². The standard InChI is InChI=1S/C26H34O3/c1-12-18-16-11-14(27)5-8-24(16,3)15-6-9-25(4)23(21(15)19(12)18)20-13(2)22(20)26(25)10-7-17(28)29-26/h11-13,15,18-23H,5-10H2,1-4H3/t12?,13?,15?,18?,19?,20?,21?,22?,23?,24-,25+,26+/m1/s1. The van der Waals surface area contributed by atoms with Crippen molar-refractivity contribution in [2.24, 2.45) is 64.1 Å². The van der Waals surface area contributed by atoms with Crippen LogP contribution in [0.1, 0.15) is 66.2 Å². The summed E-state index contributed by atoms with van der Waals surface area (Å²) in [6.45, 7) is 9.88. The number of ketones is 1. The van der Waals surface area contributed by atoms with Crippen molar-refractivity contribution in [2.75, 3.05) is 0 Å². The minimum Gasteiger partial charge on any atom is -0.458 e. The van der Waals surface area contributed by atoms with Crippen LogP contribution >= 0.6 is 0 Å². The van der Waals surface area contributed by atoms with E-state index in [1.54, 1.807) is 0 Å². The fraction of sp³-hybridized carbons (Fsp3) is 0.846. The first-order chi connectivity index (χ1) is 13.7. The Morgan fingerprint density at radius 2 is 1.72 bits per heavy atom. The first-order valence-corrected chi connectivity index (χ1v) is 12.2.